The van der Waals surface area contributed by atoms with E-state index in [0.717, 1.165) is 0 Å². The lowest BCUT2D eigenvalue weighted by Gasteiger charge is -2.14. The molecule has 0 saturated carbocycles. The van der Waals surface area contributed by atoms with E-state index in [9.17, 15) is 14.9 Å². The number of aromatic nitrogens is 1. The van der Waals surface area contributed by atoms with Crippen molar-refractivity contribution in [3.05, 3.63) is 80.5 Å². The Balaban J connectivity index is 2.29. The van der Waals surface area contributed by atoms with Gasteiger partial charge in [0.25, 0.3) is 0 Å². The van der Waals surface area contributed by atoms with Crippen LogP contribution in [0.5, 0.6) is 0 Å². The van der Waals surface area contributed by atoms with Crippen molar-refractivity contribution in [1.29, 1.82) is 5.26 Å². The van der Waals surface area contributed by atoms with Gasteiger partial charge in [0.05, 0.1) is 29.1 Å². The largest absolute Gasteiger partial charge is 0.464 e. The van der Waals surface area contributed by atoms with E-state index in [2.05, 4.69) is 15.9 Å². The minimum atomic E-state index is -0.724. The lowest BCUT2D eigenvalue weighted by Crippen LogP contribution is -2.14. The molecule has 0 atom stereocenters. The molecule has 2 N–H and O–H groups in total. The molecular formula is C20H13BrClN3O3. The molecule has 0 aliphatic rings. The quantitative estimate of drug-likeness (QED) is 0.462. The molecule has 0 radical (unpaired) electrons. The number of ether oxygens (including phenoxy) is 1. The number of rotatable bonds is 4. The molecule has 8 heteroatoms. The Morgan fingerprint density at radius 3 is 2.57 bits per heavy atom. The van der Waals surface area contributed by atoms with Crippen molar-refractivity contribution in [1.82, 2.24) is 4.57 Å². The molecule has 0 aliphatic carbocycles. The summed E-state index contributed by atoms with van der Waals surface area (Å²) >= 11 is 9.55. The summed E-state index contributed by atoms with van der Waals surface area (Å²) in [4.78, 5) is 25.5. The summed E-state index contributed by atoms with van der Waals surface area (Å²) in [5.41, 5.74) is 6.95. The van der Waals surface area contributed by atoms with Gasteiger partial charge in [0.15, 0.2) is 11.5 Å². The number of benzene rings is 2. The van der Waals surface area contributed by atoms with Gasteiger partial charge >= 0.3 is 5.97 Å². The van der Waals surface area contributed by atoms with Crippen LogP contribution in [0.4, 0.5) is 5.69 Å². The number of carbonyl (C=O) groups is 2. The van der Waals surface area contributed by atoms with Crippen molar-refractivity contribution in [2.45, 2.75) is 0 Å². The molecule has 1 aromatic heterocycles. The summed E-state index contributed by atoms with van der Waals surface area (Å²) in [5.74, 6) is -1.07. The first kappa shape index (κ1) is 19.7. The maximum absolute atomic E-state index is 13.2. The second-order valence-electron chi connectivity index (χ2n) is 5.75. The van der Waals surface area contributed by atoms with Crippen LogP contribution < -0.4 is 5.73 Å². The van der Waals surface area contributed by atoms with E-state index >= 15 is 0 Å². The smallest absolute Gasteiger partial charge is 0.357 e. The van der Waals surface area contributed by atoms with Gasteiger partial charge in [-0.1, -0.05) is 39.7 Å². The van der Waals surface area contributed by atoms with Crippen molar-refractivity contribution in [2.75, 3.05) is 12.8 Å². The number of esters is 1. The van der Waals surface area contributed by atoms with Crippen LogP contribution in [-0.2, 0) is 4.74 Å². The highest BCUT2D eigenvalue weighted by molar-refractivity contribution is 9.10. The summed E-state index contributed by atoms with van der Waals surface area (Å²) in [6.07, 6.45) is 1.40. The minimum absolute atomic E-state index is 0.0200. The SMILES string of the molecule is COC(=O)c1c(N)c(C#N)cn1-c1ccc(Br)cc1C(=O)c1ccccc1Cl. The molecule has 28 heavy (non-hydrogen) atoms. The molecule has 0 unspecified atom stereocenters. The van der Waals surface area contributed by atoms with E-state index in [0.29, 0.717) is 20.7 Å². The van der Waals surface area contributed by atoms with Gasteiger partial charge in [-0.05, 0) is 30.3 Å². The summed E-state index contributed by atoms with van der Waals surface area (Å²) < 4.78 is 6.84. The van der Waals surface area contributed by atoms with Gasteiger partial charge in [0, 0.05) is 21.8 Å². The fourth-order valence-corrected chi connectivity index (χ4v) is 3.38. The number of nitrogens with zero attached hydrogens (tertiary/aromatic N) is 2. The third-order valence-electron chi connectivity index (χ3n) is 4.12. The lowest BCUT2D eigenvalue weighted by molar-refractivity contribution is 0.0592. The third-order valence-corrected chi connectivity index (χ3v) is 4.95. The number of ketones is 1. The van der Waals surface area contributed by atoms with Crippen LogP contribution >= 0.6 is 27.5 Å². The Morgan fingerprint density at radius 1 is 1.21 bits per heavy atom. The standard InChI is InChI=1S/C20H13BrClN3O3/c1-28-20(27)18-17(24)11(9-23)10-25(18)16-7-6-12(21)8-14(16)19(26)13-4-2-3-5-15(13)22/h2-8,10H,24H2,1H3. The van der Waals surface area contributed by atoms with Crippen LogP contribution in [0.3, 0.4) is 0 Å². The number of halogens is 2. The van der Waals surface area contributed by atoms with Gasteiger partial charge in [-0.15, -0.1) is 0 Å². The van der Waals surface area contributed by atoms with Crippen molar-refractivity contribution in [3.63, 3.8) is 0 Å². The summed E-state index contributed by atoms with van der Waals surface area (Å²) in [6, 6.07) is 13.6. The van der Waals surface area contributed by atoms with Crippen LogP contribution in [0.25, 0.3) is 5.69 Å². The van der Waals surface area contributed by atoms with Gasteiger partial charge in [0.1, 0.15) is 6.07 Å². The molecule has 140 valence electrons. The monoisotopic (exact) mass is 457 g/mol. The zero-order chi connectivity index (χ0) is 20.4. The highest BCUT2D eigenvalue weighted by Crippen LogP contribution is 2.30. The Labute approximate surface area is 174 Å². The first-order valence-electron chi connectivity index (χ1n) is 7.97. The number of hydrogen-bond donors (Lipinski definition) is 1. The number of methoxy groups -OCH3 is 1. The summed E-state index contributed by atoms with van der Waals surface area (Å²) in [6.45, 7) is 0. The van der Waals surface area contributed by atoms with E-state index in [1.165, 1.54) is 17.9 Å². The Hall–Kier alpha value is -3.08. The van der Waals surface area contributed by atoms with Crippen LogP contribution in [0.1, 0.15) is 32.0 Å². The lowest BCUT2D eigenvalue weighted by atomic mass is 10.0. The van der Waals surface area contributed by atoms with Crippen molar-refractivity contribution in [3.8, 4) is 11.8 Å². The molecule has 0 bridgehead atoms. The van der Waals surface area contributed by atoms with E-state index in [-0.39, 0.29) is 28.3 Å². The topological polar surface area (TPSA) is 98.1 Å². The molecule has 1 heterocycles. The Morgan fingerprint density at radius 2 is 1.93 bits per heavy atom. The zero-order valence-corrected chi connectivity index (χ0v) is 16.9. The van der Waals surface area contributed by atoms with Crippen LogP contribution in [0.2, 0.25) is 5.02 Å². The third kappa shape index (κ3) is 3.40. The molecule has 0 fully saturated rings. The highest BCUT2D eigenvalue weighted by atomic mass is 79.9. The van der Waals surface area contributed by atoms with E-state index in [4.69, 9.17) is 22.1 Å². The predicted octanol–water partition coefficient (Wildman–Crippen LogP) is 4.36. The second-order valence-corrected chi connectivity index (χ2v) is 7.07. The second kappa shape index (κ2) is 7.89. The molecule has 6 nitrogen and oxygen atoms in total. The number of nitrogen functional groups attached to an aromatic ring is 1. The number of anilines is 1. The maximum atomic E-state index is 13.2. The van der Waals surface area contributed by atoms with E-state index in [1.807, 2.05) is 6.07 Å². The Bertz CT molecular complexity index is 1150. The van der Waals surface area contributed by atoms with E-state index < -0.39 is 5.97 Å². The predicted molar refractivity (Wildman–Crippen MR) is 109 cm³/mol. The Kier molecular flexibility index (Phi) is 5.54. The number of nitriles is 1. The van der Waals surface area contributed by atoms with Crippen LogP contribution in [0, 0.1) is 11.3 Å². The fraction of sp³-hybridized carbons (Fsp3) is 0.0500. The summed E-state index contributed by atoms with van der Waals surface area (Å²) in [5, 5.41) is 9.61. The highest BCUT2D eigenvalue weighted by Gasteiger charge is 2.25. The van der Waals surface area contributed by atoms with Crippen molar-refractivity contribution >= 4 is 45.0 Å². The van der Waals surface area contributed by atoms with Crippen molar-refractivity contribution < 1.29 is 14.3 Å². The van der Waals surface area contributed by atoms with Gasteiger partial charge < -0.3 is 15.0 Å². The first-order valence-corrected chi connectivity index (χ1v) is 9.14. The fourth-order valence-electron chi connectivity index (χ4n) is 2.80. The minimum Gasteiger partial charge on any atom is -0.464 e. The van der Waals surface area contributed by atoms with Crippen LogP contribution in [-0.4, -0.2) is 23.4 Å². The normalized spacial score (nSPS) is 10.4. The zero-order valence-electron chi connectivity index (χ0n) is 14.6. The van der Waals surface area contributed by atoms with Crippen LogP contribution in [0.15, 0.2) is 53.1 Å². The molecule has 2 aromatic carbocycles. The summed E-state index contributed by atoms with van der Waals surface area (Å²) in [7, 11) is 1.21. The average Bonchev–Trinajstić information content (AvgIpc) is 3.03. The first-order chi connectivity index (χ1) is 13.4. The van der Waals surface area contributed by atoms with Gasteiger partial charge in [-0.2, -0.15) is 5.26 Å². The molecule has 0 saturated heterocycles. The molecule has 0 aliphatic heterocycles. The van der Waals surface area contributed by atoms with Gasteiger partial charge in [-0.25, -0.2) is 4.79 Å². The molecule has 0 amide bonds. The van der Waals surface area contributed by atoms with Gasteiger partial charge in [0.2, 0.25) is 0 Å². The van der Waals surface area contributed by atoms with E-state index in [1.54, 1.807) is 42.5 Å². The maximum Gasteiger partial charge on any atom is 0.357 e. The average molecular weight is 459 g/mol. The molecule has 3 aromatic rings. The van der Waals surface area contributed by atoms with Crippen molar-refractivity contribution in [2.24, 2.45) is 0 Å². The number of carbonyl (C=O) groups excluding carboxylic acids is 2. The number of hydrogen-bond acceptors (Lipinski definition) is 5. The molecular weight excluding hydrogens is 446 g/mol. The molecule has 3 rings (SSSR count). The van der Waals surface area contributed by atoms with Gasteiger partial charge in [-0.3, -0.25) is 4.79 Å². The molecule has 0 spiro atoms. The number of nitrogens with two attached hydrogens (primary N) is 1.